The van der Waals surface area contributed by atoms with E-state index in [0.717, 1.165) is 32.4 Å². The Morgan fingerprint density at radius 1 is 0.943 bits per heavy atom. The second kappa shape index (κ2) is 10.0. The Bertz CT molecular complexity index is 1290. The van der Waals surface area contributed by atoms with Crippen molar-refractivity contribution >= 4 is 33.4 Å². The van der Waals surface area contributed by atoms with Crippen LogP contribution in [0.25, 0.3) is 0 Å². The van der Waals surface area contributed by atoms with Crippen molar-refractivity contribution in [1.29, 1.82) is 0 Å². The molecule has 0 unspecified atom stereocenters. The van der Waals surface area contributed by atoms with Crippen molar-refractivity contribution in [2.24, 2.45) is 5.92 Å². The minimum Gasteiger partial charge on any atom is -0.331 e. The van der Waals surface area contributed by atoms with Gasteiger partial charge in [0.25, 0.3) is 5.91 Å². The second-order valence-electron chi connectivity index (χ2n) is 9.09. The minimum atomic E-state index is -0.264. The lowest BCUT2D eigenvalue weighted by atomic mass is 9.97. The third kappa shape index (κ3) is 4.73. The van der Waals surface area contributed by atoms with Crippen LogP contribution in [0.5, 0.6) is 0 Å². The van der Waals surface area contributed by atoms with E-state index in [1.54, 1.807) is 0 Å². The summed E-state index contributed by atoms with van der Waals surface area (Å²) in [6.45, 7) is 5.28. The van der Waals surface area contributed by atoms with Crippen LogP contribution in [0.2, 0.25) is 0 Å². The van der Waals surface area contributed by atoms with Gasteiger partial charge in [0.05, 0.1) is 24.2 Å². The molecule has 5 heteroatoms. The van der Waals surface area contributed by atoms with Crippen molar-refractivity contribution in [1.82, 2.24) is 4.90 Å². The van der Waals surface area contributed by atoms with Crippen molar-refractivity contribution < 1.29 is 9.59 Å². The number of anilines is 1. The van der Waals surface area contributed by atoms with E-state index in [4.69, 9.17) is 0 Å². The van der Waals surface area contributed by atoms with Crippen molar-refractivity contribution in [3.05, 3.63) is 124 Å². The Morgan fingerprint density at radius 2 is 1.57 bits per heavy atom. The monoisotopic (exact) mass is 526 g/mol. The predicted molar refractivity (Wildman–Crippen MR) is 143 cm³/mol. The van der Waals surface area contributed by atoms with Gasteiger partial charge in [0.2, 0.25) is 5.91 Å². The number of halogens is 1. The zero-order chi connectivity index (χ0) is 24.4. The Hall–Kier alpha value is -3.44. The molecule has 2 amide bonds. The summed E-state index contributed by atoms with van der Waals surface area (Å²) >= 11 is 3.63. The molecule has 0 spiro atoms. The molecule has 0 saturated carbocycles. The average Bonchev–Trinajstić information content (AvgIpc) is 2.99. The number of rotatable bonds is 6. The summed E-state index contributed by atoms with van der Waals surface area (Å²) < 4.78 is 0.866. The van der Waals surface area contributed by atoms with Crippen LogP contribution in [0, 0.1) is 5.92 Å². The fourth-order valence-corrected chi connectivity index (χ4v) is 5.51. The van der Waals surface area contributed by atoms with Gasteiger partial charge in [-0.25, -0.2) is 0 Å². The van der Waals surface area contributed by atoms with Crippen LogP contribution in [0.1, 0.15) is 24.0 Å². The number of allylic oxidation sites excluding steroid dienone is 1. The van der Waals surface area contributed by atoms with Crippen LogP contribution < -0.4 is 4.90 Å². The number of nitrogens with zero attached hydrogens (tertiary/aromatic N) is 2. The van der Waals surface area contributed by atoms with Crippen molar-refractivity contribution in [2.45, 2.75) is 32.0 Å². The van der Waals surface area contributed by atoms with Gasteiger partial charge in [0.1, 0.15) is 0 Å². The summed E-state index contributed by atoms with van der Waals surface area (Å²) in [6, 6.07) is 27.6. The van der Waals surface area contributed by atoms with E-state index in [1.165, 1.54) is 0 Å². The lowest BCUT2D eigenvalue weighted by molar-refractivity contribution is -0.132. The molecular formula is C30H27BrN2O2. The van der Waals surface area contributed by atoms with E-state index in [1.807, 2.05) is 101 Å². The van der Waals surface area contributed by atoms with Gasteiger partial charge in [0, 0.05) is 23.0 Å². The van der Waals surface area contributed by atoms with Gasteiger partial charge < -0.3 is 9.80 Å². The highest BCUT2D eigenvalue weighted by molar-refractivity contribution is 9.10. The summed E-state index contributed by atoms with van der Waals surface area (Å²) in [7, 11) is 0. The van der Waals surface area contributed by atoms with E-state index in [-0.39, 0.29) is 23.8 Å². The summed E-state index contributed by atoms with van der Waals surface area (Å²) in [5.41, 5.74) is 4.61. The molecule has 4 nitrogen and oxygen atoms in total. The average molecular weight is 527 g/mol. The first kappa shape index (κ1) is 23.3. The first-order valence-corrected chi connectivity index (χ1v) is 12.6. The molecule has 2 bridgehead atoms. The molecule has 0 radical (unpaired) electrons. The number of amides is 2. The molecule has 35 heavy (non-hydrogen) atoms. The quantitative estimate of drug-likeness (QED) is 0.354. The Labute approximate surface area is 214 Å². The third-order valence-corrected chi connectivity index (χ3v) is 7.56. The van der Waals surface area contributed by atoms with Crippen LogP contribution >= 0.6 is 15.9 Å². The third-order valence-electron chi connectivity index (χ3n) is 6.89. The fraction of sp³-hybridized carbons (Fsp3) is 0.200. The molecule has 3 aromatic carbocycles. The number of hydrogen-bond acceptors (Lipinski definition) is 2. The molecule has 2 atom stereocenters. The molecule has 0 N–H and O–H groups in total. The van der Waals surface area contributed by atoms with Gasteiger partial charge in [-0.1, -0.05) is 85.5 Å². The number of carbonyl (C=O) groups excluding carboxylic acids is 2. The number of benzene rings is 3. The Kier molecular flexibility index (Phi) is 6.69. The lowest BCUT2D eigenvalue weighted by Crippen LogP contribution is -2.38. The van der Waals surface area contributed by atoms with E-state index in [0.29, 0.717) is 25.9 Å². The minimum absolute atomic E-state index is 0.0341. The largest absolute Gasteiger partial charge is 0.331 e. The molecular weight excluding hydrogens is 500 g/mol. The number of hydrogen-bond donors (Lipinski definition) is 0. The highest BCUT2D eigenvalue weighted by atomic mass is 79.9. The predicted octanol–water partition coefficient (Wildman–Crippen LogP) is 6.29. The maximum Gasteiger partial charge on any atom is 0.254 e. The molecule has 2 aliphatic rings. The first-order chi connectivity index (χ1) is 17.0. The highest BCUT2D eigenvalue weighted by Gasteiger charge is 2.44. The van der Waals surface area contributed by atoms with Crippen LogP contribution in [0.15, 0.2) is 113 Å². The molecule has 3 aromatic rings. The number of para-hydroxylation sites is 1. The molecule has 1 heterocycles. The smallest absolute Gasteiger partial charge is 0.254 e. The lowest BCUT2D eigenvalue weighted by Gasteiger charge is -2.29. The molecule has 1 saturated heterocycles. The standard InChI is InChI=1S/C30H27BrN2O2/c1-21-25-17-16-24(18-28(21)33(30(25)35)20-23-12-6-3-7-13-23)29(34)32(19-22-10-4-2-5-11-22)27-15-9-8-14-26(27)31/h2-16,25,28H,1,17-20H2/t25-,28+/m0/s1. The molecule has 1 fully saturated rings. The zero-order valence-electron chi connectivity index (χ0n) is 19.4. The van der Waals surface area contributed by atoms with Crippen LogP contribution in [-0.4, -0.2) is 22.8 Å². The normalized spacial score (nSPS) is 19.3. The molecule has 176 valence electrons. The number of fused-ring (bicyclic) bond motifs is 2. The number of likely N-dealkylation sites (tertiary alicyclic amines) is 1. The topological polar surface area (TPSA) is 40.6 Å². The SMILES string of the molecule is C=C1[C@@H]2CC=C(C(=O)N(Cc3ccccc3)c3ccccc3Br)C[C@H]1N(Cc1ccccc1)C2=O. The van der Waals surface area contributed by atoms with Gasteiger partial charge in [-0.2, -0.15) is 0 Å². The van der Waals surface area contributed by atoms with Gasteiger partial charge in [0.15, 0.2) is 0 Å². The first-order valence-electron chi connectivity index (χ1n) is 11.9. The Balaban J connectivity index is 1.45. The summed E-state index contributed by atoms with van der Waals surface area (Å²) in [5, 5.41) is 0. The number of carbonyl (C=O) groups is 2. The zero-order valence-corrected chi connectivity index (χ0v) is 21.0. The van der Waals surface area contributed by atoms with Gasteiger partial charge in [-0.15, -0.1) is 0 Å². The molecule has 1 aliphatic carbocycles. The van der Waals surface area contributed by atoms with Crippen molar-refractivity contribution in [2.75, 3.05) is 4.90 Å². The second-order valence-corrected chi connectivity index (χ2v) is 9.95. The van der Waals surface area contributed by atoms with E-state index < -0.39 is 0 Å². The summed E-state index contributed by atoms with van der Waals surface area (Å²) in [6.07, 6.45) is 2.95. The maximum atomic E-state index is 14.0. The molecule has 0 aromatic heterocycles. The van der Waals surface area contributed by atoms with Gasteiger partial charge in [-0.3, -0.25) is 9.59 Å². The maximum absolute atomic E-state index is 14.0. The fourth-order valence-electron chi connectivity index (χ4n) is 5.01. The van der Waals surface area contributed by atoms with E-state index in [9.17, 15) is 9.59 Å². The summed E-state index contributed by atoms with van der Waals surface area (Å²) in [5.74, 6) is -0.188. The highest BCUT2D eigenvalue weighted by Crippen LogP contribution is 2.40. The van der Waals surface area contributed by atoms with Crippen molar-refractivity contribution in [3.63, 3.8) is 0 Å². The Morgan fingerprint density at radius 3 is 2.26 bits per heavy atom. The summed E-state index contributed by atoms with van der Waals surface area (Å²) in [4.78, 5) is 31.0. The van der Waals surface area contributed by atoms with Crippen LogP contribution in [0.3, 0.4) is 0 Å². The van der Waals surface area contributed by atoms with E-state index in [2.05, 4.69) is 22.5 Å². The van der Waals surface area contributed by atoms with Crippen LogP contribution in [0.4, 0.5) is 5.69 Å². The van der Waals surface area contributed by atoms with Crippen LogP contribution in [-0.2, 0) is 22.7 Å². The molecule has 5 rings (SSSR count). The van der Waals surface area contributed by atoms with Gasteiger partial charge in [-0.05, 0) is 51.2 Å². The molecule has 1 aliphatic heterocycles. The van der Waals surface area contributed by atoms with Crippen molar-refractivity contribution in [3.8, 4) is 0 Å². The van der Waals surface area contributed by atoms with E-state index >= 15 is 0 Å². The van der Waals surface area contributed by atoms with Gasteiger partial charge >= 0.3 is 0 Å².